The minimum absolute atomic E-state index is 0.147. The molecule has 2 N–H and O–H groups in total. The van der Waals surface area contributed by atoms with Crippen LogP contribution in [0.5, 0.6) is 5.88 Å². The largest absolute Gasteiger partial charge is 0.480 e. The van der Waals surface area contributed by atoms with E-state index in [1.54, 1.807) is 6.07 Å². The van der Waals surface area contributed by atoms with Gasteiger partial charge in [0.25, 0.3) is 0 Å². The fourth-order valence-corrected chi connectivity index (χ4v) is 1.99. The summed E-state index contributed by atoms with van der Waals surface area (Å²) >= 11 is 1.26. The third-order valence-corrected chi connectivity index (χ3v) is 2.66. The Morgan fingerprint density at radius 1 is 1.57 bits per heavy atom. The number of fused-ring (bicyclic) bond motifs is 1. The van der Waals surface area contributed by atoms with E-state index in [4.69, 9.17) is 10.5 Å². The second kappa shape index (κ2) is 3.22. The lowest BCUT2D eigenvalue weighted by atomic mass is 10.3. The van der Waals surface area contributed by atoms with Crippen LogP contribution < -0.4 is 10.5 Å². The van der Waals surface area contributed by atoms with E-state index in [2.05, 4.69) is 9.97 Å². The molecule has 0 amide bonds. The van der Waals surface area contributed by atoms with Gasteiger partial charge in [-0.3, -0.25) is 4.79 Å². The number of ether oxygens (including phenoxy) is 1. The molecular formula is C8H7N3O2S. The van der Waals surface area contributed by atoms with Crippen LogP contribution in [0.3, 0.4) is 0 Å². The van der Waals surface area contributed by atoms with Crippen LogP contribution in [0, 0.1) is 0 Å². The van der Waals surface area contributed by atoms with Gasteiger partial charge >= 0.3 is 0 Å². The number of carbonyl (C=O) groups excluding carboxylic acids is 1. The van der Waals surface area contributed by atoms with Crippen molar-refractivity contribution in [3.8, 4) is 5.88 Å². The van der Waals surface area contributed by atoms with Gasteiger partial charge in [0.15, 0.2) is 6.29 Å². The highest BCUT2D eigenvalue weighted by molar-refractivity contribution is 7.20. The zero-order chi connectivity index (χ0) is 10.1. The summed E-state index contributed by atoms with van der Waals surface area (Å²) in [6.07, 6.45) is 0.766. The molecule has 72 valence electrons. The Morgan fingerprint density at radius 3 is 3.00 bits per heavy atom. The predicted molar refractivity (Wildman–Crippen MR) is 53.8 cm³/mol. The third kappa shape index (κ3) is 1.29. The number of rotatable bonds is 2. The zero-order valence-electron chi connectivity index (χ0n) is 7.35. The second-order valence-corrected chi connectivity index (χ2v) is 3.64. The van der Waals surface area contributed by atoms with Gasteiger partial charge in [-0.1, -0.05) is 0 Å². The van der Waals surface area contributed by atoms with Crippen molar-refractivity contribution in [1.29, 1.82) is 0 Å². The molecule has 0 aliphatic rings. The first-order chi connectivity index (χ1) is 6.74. The SMILES string of the molecule is COc1nc(N)nc2sc(C=O)cc12. The summed E-state index contributed by atoms with van der Waals surface area (Å²) in [7, 11) is 1.50. The Labute approximate surface area is 83.5 Å². The molecule has 2 aromatic heterocycles. The van der Waals surface area contributed by atoms with E-state index in [0.29, 0.717) is 21.0 Å². The van der Waals surface area contributed by atoms with Crippen LogP contribution in [-0.2, 0) is 0 Å². The van der Waals surface area contributed by atoms with E-state index in [1.165, 1.54) is 18.4 Å². The fraction of sp³-hybridized carbons (Fsp3) is 0.125. The zero-order valence-corrected chi connectivity index (χ0v) is 8.17. The fourth-order valence-electron chi connectivity index (χ4n) is 1.14. The number of hydrogen-bond acceptors (Lipinski definition) is 6. The van der Waals surface area contributed by atoms with Gasteiger partial charge in [0.2, 0.25) is 11.8 Å². The van der Waals surface area contributed by atoms with Crippen molar-refractivity contribution < 1.29 is 9.53 Å². The van der Waals surface area contributed by atoms with Gasteiger partial charge in [-0.05, 0) is 6.07 Å². The summed E-state index contributed by atoms with van der Waals surface area (Å²) in [5.74, 6) is 0.547. The summed E-state index contributed by atoms with van der Waals surface area (Å²) in [5.41, 5.74) is 5.47. The Hall–Kier alpha value is -1.69. The first kappa shape index (κ1) is 8.89. The number of anilines is 1. The highest BCUT2D eigenvalue weighted by Gasteiger charge is 2.10. The molecule has 0 fully saturated rings. The summed E-state index contributed by atoms with van der Waals surface area (Å²) < 4.78 is 5.03. The number of nitrogens with zero attached hydrogens (tertiary/aromatic N) is 2. The van der Waals surface area contributed by atoms with Crippen LogP contribution in [-0.4, -0.2) is 23.4 Å². The Morgan fingerprint density at radius 2 is 2.36 bits per heavy atom. The second-order valence-electron chi connectivity index (χ2n) is 2.58. The Balaban J connectivity index is 2.77. The lowest BCUT2D eigenvalue weighted by Crippen LogP contribution is -1.96. The molecule has 2 heterocycles. The van der Waals surface area contributed by atoms with E-state index >= 15 is 0 Å². The first-order valence-electron chi connectivity index (χ1n) is 3.81. The molecule has 0 aromatic carbocycles. The molecule has 5 nitrogen and oxygen atoms in total. The molecule has 0 saturated heterocycles. The number of hydrogen-bond donors (Lipinski definition) is 1. The third-order valence-electron chi connectivity index (χ3n) is 1.70. The molecule has 0 unspecified atom stereocenters. The Bertz CT molecular complexity index is 495. The van der Waals surface area contributed by atoms with Gasteiger partial charge in [-0.2, -0.15) is 4.98 Å². The molecule has 0 aliphatic heterocycles. The van der Waals surface area contributed by atoms with Crippen LogP contribution in [0.25, 0.3) is 10.2 Å². The number of aldehydes is 1. The van der Waals surface area contributed by atoms with Crippen LogP contribution in [0.1, 0.15) is 9.67 Å². The summed E-state index contributed by atoms with van der Waals surface area (Å²) in [5, 5.41) is 0.716. The number of aromatic nitrogens is 2. The quantitative estimate of drug-likeness (QED) is 0.749. The van der Waals surface area contributed by atoms with Crippen LogP contribution in [0.4, 0.5) is 5.95 Å². The average Bonchev–Trinajstić information content (AvgIpc) is 2.59. The molecule has 6 heteroatoms. The summed E-state index contributed by atoms with van der Waals surface area (Å²) in [6, 6.07) is 1.69. The van der Waals surface area contributed by atoms with Crippen molar-refractivity contribution in [2.45, 2.75) is 0 Å². The molecule has 0 aliphatic carbocycles. The maximum absolute atomic E-state index is 10.6. The van der Waals surface area contributed by atoms with Crippen LogP contribution in [0.15, 0.2) is 6.07 Å². The molecular weight excluding hydrogens is 202 g/mol. The molecule has 14 heavy (non-hydrogen) atoms. The van der Waals surface area contributed by atoms with Gasteiger partial charge in [0.05, 0.1) is 17.4 Å². The highest BCUT2D eigenvalue weighted by Crippen LogP contribution is 2.29. The van der Waals surface area contributed by atoms with Gasteiger partial charge < -0.3 is 10.5 Å². The predicted octanol–water partition coefficient (Wildman–Crippen LogP) is 1.09. The molecule has 0 saturated carbocycles. The summed E-state index contributed by atoms with van der Waals surface area (Å²) in [6.45, 7) is 0. The van der Waals surface area contributed by atoms with E-state index in [1.807, 2.05) is 0 Å². The number of thiophene rings is 1. The van der Waals surface area contributed by atoms with E-state index in [9.17, 15) is 4.79 Å². The van der Waals surface area contributed by atoms with Crippen molar-refractivity contribution >= 4 is 33.8 Å². The van der Waals surface area contributed by atoms with E-state index in [-0.39, 0.29) is 5.95 Å². The molecule has 0 radical (unpaired) electrons. The number of methoxy groups -OCH3 is 1. The maximum atomic E-state index is 10.6. The highest BCUT2D eigenvalue weighted by atomic mass is 32.1. The van der Waals surface area contributed by atoms with Crippen LogP contribution in [0.2, 0.25) is 0 Å². The lowest BCUT2D eigenvalue weighted by molar-refractivity contribution is 0.112. The van der Waals surface area contributed by atoms with Gasteiger partial charge in [-0.25, -0.2) is 4.98 Å². The lowest BCUT2D eigenvalue weighted by Gasteiger charge is -1.99. The van der Waals surface area contributed by atoms with Gasteiger partial charge in [0.1, 0.15) is 4.83 Å². The van der Waals surface area contributed by atoms with E-state index in [0.717, 1.165) is 6.29 Å². The van der Waals surface area contributed by atoms with Crippen molar-refractivity contribution in [3.05, 3.63) is 10.9 Å². The number of nitrogens with two attached hydrogens (primary N) is 1. The summed E-state index contributed by atoms with van der Waals surface area (Å²) in [4.78, 5) is 19.7. The van der Waals surface area contributed by atoms with Crippen LogP contribution >= 0.6 is 11.3 Å². The number of carbonyl (C=O) groups is 1. The maximum Gasteiger partial charge on any atom is 0.226 e. The van der Waals surface area contributed by atoms with Crippen molar-refractivity contribution in [2.75, 3.05) is 12.8 Å². The minimum atomic E-state index is 0.147. The van der Waals surface area contributed by atoms with Gasteiger partial charge in [0, 0.05) is 0 Å². The molecule has 0 spiro atoms. The van der Waals surface area contributed by atoms with E-state index < -0.39 is 0 Å². The molecule has 2 rings (SSSR count). The topological polar surface area (TPSA) is 78.1 Å². The normalized spacial score (nSPS) is 10.4. The van der Waals surface area contributed by atoms with Gasteiger partial charge in [-0.15, -0.1) is 11.3 Å². The van der Waals surface area contributed by atoms with Crippen molar-refractivity contribution in [3.63, 3.8) is 0 Å². The average molecular weight is 209 g/mol. The molecule has 0 atom stereocenters. The minimum Gasteiger partial charge on any atom is -0.480 e. The monoisotopic (exact) mass is 209 g/mol. The molecule has 2 aromatic rings. The van der Waals surface area contributed by atoms with Crippen molar-refractivity contribution in [2.24, 2.45) is 0 Å². The van der Waals surface area contributed by atoms with Crippen molar-refractivity contribution in [1.82, 2.24) is 9.97 Å². The number of nitrogen functional groups attached to an aromatic ring is 1. The molecule has 0 bridgehead atoms. The smallest absolute Gasteiger partial charge is 0.226 e. The Kier molecular flexibility index (Phi) is 2.05. The first-order valence-corrected chi connectivity index (χ1v) is 4.62. The standard InChI is InChI=1S/C8H7N3O2S/c1-13-6-5-2-4(3-12)14-7(5)11-8(9)10-6/h2-3H,1H3,(H2,9,10,11).